The highest BCUT2D eigenvalue weighted by molar-refractivity contribution is 14.1. The largest absolute Gasteiger partial charge is 0.478 e. The molecular weight excluding hydrogens is 375 g/mol. The second kappa shape index (κ2) is 6.89. The molecule has 0 aliphatic heterocycles. The van der Waals surface area contributed by atoms with Crippen molar-refractivity contribution >= 4 is 40.3 Å². The van der Waals surface area contributed by atoms with E-state index in [1.54, 1.807) is 19.2 Å². The number of urea groups is 1. The van der Waals surface area contributed by atoms with Crippen molar-refractivity contribution in [2.45, 2.75) is 19.4 Å². The first kappa shape index (κ1) is 16.7. The van der Waals surface area contributed by atoms with Gasteiger partial charge in [0.1, 0.15) is 0 Å². The first-order chi connectivity index (χ1) is 9.25. The summed E-state index contributed by atoms with van der Waals surface area (Å²) in [6.45, 7) is 3.98. The monoisotopic (exact) mass is 392 g/mol. The Labute approximate surface area is 131 Å². The molecule has 110 valence electrons. The van der Waals surface area contributed by atoms with Crippen LogP contribution >= 0.6 is 22.6 Å². The quantitative estimate of drug-likeness (QED) is 0.673. The normalized spacial score (nSPS) is 11.0. The van der Waals surface area contributed by atoms with E-state index >= 15 is 0 Å². The topological polar surface area (TPSA) is 87.7 Å². The molecule has 0 saturated carbocycles. The van der Waals surface area contributed by atoms with Crippen LogP contribution in [0.2, 0.25) is 0 Å². The standard InChI is InChI=1S/C13H17IN2O4/c1-13(2,20-3)7-15-12(19)16-10-5-4-8(14)6-9(10)11(17)18/h4-6H,7H2,1-3H3,(H,17,18)(H2,15,16,19). The third-order valence-corrected chi connectivity index (χ3v) is 3.36. The lowest BCUT2D eigenvalue weighted by molar-refractivity contribution is 0.0257. The lowest BCUT2D eigenvalue weighted by Gasteiger charge is -2.23. The van der Waals surface area contributed by atoms with Crippen molar-refractivity contribution in [2.75, 3.05) is 19.0 Å². The molecule has 0 atom stereocenters. The Hall–Kier alpha value is -1.35. The molecule has 0 aliphatic rings. The summed E-state index contributed by atoms with van der Waals surface area (Å²) in [6.07, 6.45) is 0. The number of carboxylic acid groups (broad SMARTS) is 1. The summed E-state index contributed by atoms with van der Waals surface area (Å²) in [4.78, 5) is 22.9. The highest BCUT2D eigenvalue weighted by Crippen LogP contribution is 2.19. The molecule has 0 bridgehead atoms. The number of carboxylic acids is 1. The van der Waals surface area contributed by atoms with Crippen LogP contribution in [-0.2, 0) is 4.74 Å². The molecule has 0 unspecified atom stereocenters. The maximum Gasteiger partial charge on any atom is 0.337 e. The highest BCUT2D eigenvalue weighted by atomic mass is 127. The molecule has 1 rings (SSSR count). The predicted octanol–water partition coefficient (Wildman–Crippen LogP) is 2.54. The van der Waals surface area contributed by atoms with E-state index in [-0.39, 0.29) is 11.3 Å². The van der Waals surface area contributed by atoms with Crippen LogP contribution in [0.1, 0.15) is 24.2 Å². The highest BCUT2D eigenvalue weighted by Gasteiger charge is 2.18. The molecule has 20 heavy (non-hydrogen) atoms. The van der Waals surface area contributed by atoms with E-state index in [0.29, 0.717) is 6.54 Å². The number of halogens is 1. The molecule has 7 heteroatoms. The van der Waals surface area contributed by atoms with Crippen LogP contribution in [0.25, 0.3) is 0 Å². The van der Waals surface area contributed by atoms with Gasteiger partial charge in [0, 0.05) is 17.2 Å². The molecule has 0 radical (unpaired) electrons. The Bertz CT molecular complexity index is 517. The van der Waals surface area contributed by atoms with E-state index < -0.39 is 17.6 Å². The Morgan fingerprint density at radius 3 is 2.60 bits per heavy atom. The Balaban J connectivity index is 2.74. The minimum atomic E-state index is -1.09. The summed E-state index contributed by atoms with van der Waals surface area (Å²) >= 11 is 2.01. The molecule has 1 aromatic rings. The second-order valence-electron chi connectivity index (χ2n) is 4.77. The average molecular weight is 392 g/mol. The number of anilines is 1. The van der Waals surface area contributed by atoms with Gasteiger partial charge in [-0.05, 0) is 54.6 Å². The summed E-state index contributed by atoms with van der Waals surface area (Å²) in [7, 11) is 1.56. The molecule has 0 heterocycles. The van der Waals surface area contributed by atoms with E-state index in [1.807, 2.05) is 36.4 Å². The van der Waals surface area contributed by atoms with Crippen molar-refractivity contribution < 1.29 is 19.4 Å². The van der Waals surface area contributed by atoms with Crippen LogP contribution in [0, 0.1) is 3.57 Å². The first-order valence-corrected chi connectivity index (χ1v) is 6.96. The summed E-state index contributed by atoms with van der Waals surface area (Å²) in [5.41, 5.74) is -0.178. The third kappa shape index (κ3) is 4.97. The predicted molar refractivity (Wildman–Crippen MR) is 84.2 cm³/mol. The molecule has 3 N–H and O–H groups in total. The molecule has 0 aliphatic carbocycles. The van der Waals surface area contributed by atoms with Crippen LogP contribution < -0.4 is 10.6 Å². The summed E-state index contributed by atoms with van der Waals surface area (Å²) in [5, 5.41) is 14.3. The lowest BCUT2D eigenvalue weighted by Crippen LogP contribution is -2.41. The number of rotatable bonds is 5. The fraction of sp³-hybridized carbons (Fsp3) is 0.385. The first-order valence-electron chi connectivity index (χ1n) is 5.88. The smallest absolute Gasteiger partial charge is 0.337 e. The molecule has 0 fully saturated rings. The van der Waals surface area contributed by atoms with Gasteiger partial charge < -0.3 is 20.5 Å². The van der Waals surface area contributed by atoms with E-state index in [1.165, 1.54) is 6.07 Å². The van der Waals surface area contributed by atoms with E-state index in [4.69, 9.17) is 9.84 Å². The molecule has 6 nitrogen and oxygen atoms in total. The Kier molecular flexibility index (Phi) is 5.75. The number of hydrogen-bond acceptors (Lipinski definition) is 3. The van der Waals surface area contributed by atoms with Gasteiger partial charge in [-0.2, -0.15) is 0 Å². The fourth-order valence-corrected chi connectivity index (χ4v) is 1.83. The van der Waals surface area contributed by atoms with Gasteiger partial charge in [0.05, 0.1) is 16.9 Å². The van der Waals surface area contributed by atoms with Gasteiger partial charge in [-0.25, -0.2) is 9.59 Å². The minimum Gasteiger partial charge on any atom is -0.478 e. The van der Waals surface area contributed by atoms with Gasteiger partial charge in [0.2, 0.25) is 0 Å². The van der Waals surface area contributed by atoms with Crippen molar-refractivity contribution in [2.24, 2.45) is 0 Å². The number of carbonyl (C=O) groups excluding carboxylic acids is 1. The van der Waals surface area contributed by atoms with Crippen molar-refractivity contribution in [1.82, 2.24) is 5.32 Å². The van der Waals surface area contributed by atoms with Gasteiger partial charge in [-0.1, -0.05) is 0 Å². The molecular formula is C13H17IN2O4. The fourth-order valence-electron chi connectivity index (χ4n) is 1.33. The maximum atomic E-state index is 11.8. The molecule has 0 saturated heterocycles. The number of nitrogens with one attached hydrogen (secondary N) is 2. The minimum absolute atomic E-state index is 0.0538. The number of aromatic carboxylic acids is 1. The second-order valence-corrected chi connectivity index (χ2v) is 6.01. The molecule has 1 aromatic carbocycles. The van der Waals surface area contributed by atoms with E-state index in [9.17, 15) is 9.59 Å². The average Bonchev–Trinajstić information content (AvgIpc) is 2.38. The number of amides is 2. The van der Waals surface area contributed by atoms with Gasteiger partial charge in [-0.15, -0.1) is 0 Å². The summed E-state index contributed by atoms with van der Waals surface area (Å²) in [6, 6.07) is 4.31. The van der Waals surface area contributed by atoms with Gasteiger partial charge >= 0.3 is 12.0 Å². The van der Waals surface area contributed by atoms with E-state index in [0.717, 1.165) is 3.57 Å². The number of methoxy groups -OCH3 is 1. The number of benzene rings is 1. The lowest BCUT2D eigenvalue weighted by atomic mass is 10.1. The van der Waals surface area contributed by atoms with Crippen molar-refractivity contribution in [1.29, 1.82) is 0 Å². The van der Waals surface area contributed by atoms with Crippen LogP contribution in [0.4, 0.5) is 10.5 Å². The zero-order valence-electron chi connectivity index (χ0n) is 11.5. The van der Waals surface area contributed by atoms with Crippen molar-refractivity contribution in [3.05, 3.63) is 27.3 Å². The summed E-state index contributed by atoms with van der Waals surface area (Å²) in [5.74, 6) is -1.09. The SMILES string of the molecule is COC(C)(C)CNC(=O)Nc1ccc(I)cc1C(=O)O. The Morgan fingerprint density at radius 1 is 1.40 bits per heavy atom. The van der Waals surface area contributed by atoms with Crippen LogP contribution in [0.15, 0.2) is 18.2 Å². The van der Waals surface area contributed by atoms with Crippen molar-refractivity contribution in [3.63, 3.8) is 0 Å². The van der Waals surface area contributed by atoms with Gasteiger partial charge in [0.25, 0.3) is 0 Å². The van der Waals surface area contributed by atoms with E-state index in [2.05, 4.69) is 10.6 Å². The molecule has 2 amide bonds. The number of ether oxygens (including phenoxy) is 1. The van der Waals surface area contributed by atoms with Gasteiger partial charge in [-0.3, -0.25) is 0 Å². The van der Waals surface area contributed by atoms with Crippen LogP contribution in [0.3, 0.4) is 0 Å². The van der Waals surface area contributed by atoms with Crippen molar-refractivity contribution in [3.8, 4) is 0 Å². The Morgan fingerprint density at radius 2 is 2.05 bits per heavy atom. The molecule has 0 spiro atoms. The summed E-state index contributed by atoms with van der Waals surface area (Å²) < 4.78 is 5.96. The van der Waals surface area contributed by atoms with Crippen LogP contribution in [-0.4, -0.2) is 36.4 Å². The molecule has 0 aromatic heterocycles. The number of carbonyl (C=O) groups is 2. The van der Waals surface area contributed by atoms with Crippen LogP contribution in [0.5, 0.6) is 0 Å². The zero-order valence-corrected chi connectivity index (χ0v) is 13.6. The third-order valence-electron chi connectivity index (χ3n) is 2.69. The number of hydrogen-bond donors (Lipinski definition) is 3. The maximum absolute atomic E-state index is 11.8. The van der Waals surface area contributed by atoms with Gasteiger partial charge in [0.15, 0.2) is 0 Å². The zero-order chi connectivity index (χ0) is 15.3.